The van der Waals surface area contributed by atoms with E-state index in [9.17, 15) is 19.4 Å². The zero-order valence-corrected chi connectivity index (χ0v) is 25.5. The van der Waals surface area contributed by atoms with Crippen molar-refractivity contribution in [2.75, 3.05) is 19.6 Å². The normalized spacial score (nSPS) is 15.1. The van der Waals surface area contributed by atoms with Crippen LogP contribution in [-0.4, -0.2) is 40.7 Å². The summed E-state index contributed by atoms with van der Waals surface area (Å²) >= 11 is 0. The summed E-state index contributed by atoms with van der Waals surface area (Å²) in [5, 5.41) is 23.2. The van der Waals surface area contributed by atoms with Crippen molar-refractivity contribution in [1.82, 2.24) is 10.2 Å². The third-order valence-corrected chi connectivity index (χ3v) is 9.26. The van der Waals surface area contributed by atoms with E-state index in [-0.39, 0.29) is 34.7 Å². The van der Waals surface area contributed by atoms with Crippen molar-refractivity contribution in [2.24, 2.45) is 0 Å². The molecule has 0 radical (unpaired) electrons. The van der Waals surface area contributed by atoms with Gasteiger partial charge in [-0.05, 0) is 104 Å². The number of aromatic hydroxyl groups is 2. The molecule has 0 spiro atoms. The van der Waals surface area contributed by atoms with E-state index in [1.165, 1.54) is 23.3 Å². The summed E-state index contributed by atoms with van der Waals surface area (Å²) in [6.07, 6.45) is 5.48. The molecular weight excluding hydrogens is 551 g/mol. The summed E-state index contributed by atoms with van der Waals surface area (Å²) in [4.78, 5) is 15.1. The molecule has 230 valence electrons. The number of nitrogens with zero attached hydrogens (tertiary/aromatic N) is 1. The molecule has 1 atom stereocenters. The van der Waals surface area contributed by atoms with Gasteiger partial charge in [-0.3, -0.25) is 9.69 Å². The molecular formula is C38H43FN2O3. The van der Waals surface area contributed by atoms with Crippen LogP contribution in [0, 0.1) is 5.82 Å². The molecule has 44 heavy (non-hydrogen) atoms. The van der Waals surface area contributed by atoms with Crippen LogP contribution >= 0.6 is 0 Å². The largest absolute Gasteiger partial charge is 0.504 e. The second-order valence-corrected chi connectivity index (χ2v) is 12.0. The highest BCUT2D eigenvalue weighted by atomic mass is 19.1. The zero-order chi connectivity index (χ0) is 30.9. The van der Waals surface area contributed by atoms with Crippen LogP contribution in [0.2, 0.25) is 0 Å². The molecule has 6 heteroatoms. The van der Waals surface area contributed by atoms with Gasteiger partial charge in [0.2, 0.25) is 5.91 Å². The standard InChI is InChI=1S/C38H43FN2O3/c1-28-34-27-36(43)35(42)26-30(34)20-25-41(28)24-9-22-38(31-10-4-2-5-11-31,32-12-6-3-7-13-32)21-8-23-40-37(44)19-16-29-14-17-33(39)18-15-29/h2-7,10-15,17-18,26-28,42-43H,8-9,16,19-25H2,1H3,(H,40,44). The Bertz CT molecular complexity index is 1470. The van der Waals surface area contributed by atoms with Gasteiger partial charge in [-0.1, -0.05) is 72.8 Å². The lowest BCUT2D eigenvalue weighted by Gasteiger charge is -2.39. The molecule has 1 heterocycles. The summed E-state index contributed by atoms with van der Waals surface area (Å²) in [5.74, 6) is -0.370. The molecule has 1 aliphatic heterocycles. The summed E-state index contributed by atoms with van der Waals surface area (Å²) in [6.45, 7) is 4.60. The van der Waals surface area contributed by atoms with Crippen LogP contribution in [0.4, 0.5) is 4.39 Å². The smallest absolute Gasteiger partial charge is 0.220 e. The van der Waals surface area contributed by atoms with Gasteiger partial charge < -0.3 is 15.5 Å². The van der Waals surface area contributed by atoms with Crippen LogP contribution in [0.25, 0.3) is 0 Å². The quantitative estimate of drug-likeness (QED) is 0.111. The van der Waals surface area contributed by atoms with Crippen LogP contribution < -0.4 is 5.32 Å². The Morgan fingerprint density at radius 1 is 0.886 bits per heavy atom. The van der Waals surface area contributed by atoms with Crippen LogP contribution in [0.3, 0.4) is 0 Å². The fourth-order valence-corrected chi connectivity index (χ4v) is 6.78. The highest BCUT2D eigenvalue weighted by Crippen LogP contribution is 2.42. The van der Waals surface area contributed by atoms with Crippen molar-refractivity contribution in [3.8, 4) is 11.5 Å². The topological polar surface area (TPSA) is 72.8 Å². The Balaban J connectivity index is 1.26. The van der Waals surface area contributed by atoms with Crippen LogP contribution in [0.1, 0.15) is 72.9 Å². The molecule has 3 N–H and O–H groups in total. The molecule has 1 aliphatic rings. The van der Waals surface area contributed by atoms with Gasteiger partial charge in [0, 0.05) is 31.0 Å². The van der Waals surface area contributed by atoms with Crippen molar-refractivity contribution in [2.45, 2.75) is 63.3 Å². The minimum atomic E-state index is -0.268. The Hall–Kier alpha value is -4.16. The number of aryl methyl sites for hydroxylation is 1. The molecule has 1 unspecified atom stereocenters. The molecule has 0 bridgehead atoms. The van der Waals surface area contributed by atoms with Gasteiger partial charge in [0.1, 0.15) is 5.82 Å². The van der Waals surface area contributed by atoms with Crippen LogP contribution in [0.15, 0.2) is 97.1 Å². The van der Waals surface area contributed by atoms with Gasteiger partial charge in [-0.25, -0.2) is 4.39 Å². The number of fused-ring (bicyclic) bond motifs is 1. The number of hydrogen-bond donors (Lipinski definition) is 3. The first-order valence-electron chi connectivity index (χ1n) is 15.8. The van der Waals surface area contributed by atoms with Crippen molar-refractivity contribution in [3.63, 3.8) is 0 Å². The van der Waals surface area contributed by atoms with Gasteiger partial charge in [0.05, 0.1) is 0 Å². The number of benzene rings is 4. The zero-order valence-electron chi connectivity index (χ0n) is 25.5. The summed E-state index contributed by atoms with van der Waals surface area (Å²) < 4.78 is 13.2. The van der Waals surface area contributed by atoms with Crippen molar-refractivity contribution < 1.29 is 19.4 Å². The van der Waals surface area contributed by atoms with Gasteiger partial charge >= 0.3 is 0 Å². The van der Waals surface area contributed by atoms with E-state index in [1.54, 1.807) is 24.3 Å². The first kappa shape index (κ1) is 31.3. The third kappa shape index (κ3) is 7.48. The number of amides is 1. The lowest BCUT2D eigenvalue weighted by molar-refractivity contribution is -0.121. The molecule has 4 aromatic rings. The SMILES string of the molecule is CC1c2cc(O)c(O)cc2CCN1CCCC(CCCNC(=O)CCc1ccc(F)cc1)(c1ccccc1)c1ccccc1. The molecule has 0 saturated heterocycles. The van der Waals surface area contributed by atoms with Gasteiger partial charge in [0.15, 0.2) is 11.5 Å². The Morgan fingerprint density at radius 3 is 2.16 bits per heavy atom. The molecule has 0 fully saturated rings. The predicted molar refractivity (Wildman–Crippen MR) is 173 cm³/mol. The maximum Gasteiger partial charge on any atom is 0.220 e. The van der Waals surface area contributed by atoms with E-state index in [1.807, 2.05) is 0 Å². The van der Waals surface area contributed by atoms with Crippen LogP contribution in [-0.2, 0) is 23.1 Å². The maximum atomic E-state index is 13.2. The number of carbonyl (C=O) groups excluding carboxylic acids is 1. The molecule has 5 nitrogen and oxygen atoms in total. The van der Waals surface area contributed by atoms with E-state index in [0.717, 1.165) is 61.9 Å². The molecule has 0 saturated carbocycles. The highest BCUT2D eigenvalue weighted by molar-refractivity contribution is 5.76. The molecule has 5 rings (SSSR count). The number of carbonyl (C=O) groups is 1. The number of nitrogens with one attached hydrogen (secondary N) is 1. The van der Waals surface area contributed by atoms with Crippen molar-refractivity contribution in [1.29, 1.82) is 0 Å². The fraction of sp³-hybridized carbons (Fsp3) is 0.342. The second-order valence-electron chi connectivity index (χ2n) is 12.0. The number of hydrogen-bond acceptors (Lipinski definition) is 4. The number of phenolic OH excluding ortho intramolecular Hbond substituents is 2. The summed E-state index contributed by atoms with van der Waals surface area (Å²) in [6, 6.07) is 31.3. The molecule has 4 aromatic carbocycles. The number of phenols is 2. The lowest BCUT2D eigenvalue weighted by Crippen LogP contribution is -2.36. The Kier molecular flexibility index (Phi) is 10.3. The Morgan fingerprint density at radius 2 is 1.50 bits per heavy atom. The van der Waals surface area contributed by atoms with Gasteiger partial charge in [0.25, 0.3) is 0 Å². The van der Waals surface area contributed by atoms with Gasteiger partial charge in [-0.15, -0.1) is 0 Å². The summed E-state index contributed by atoms with van der Waals surface area (Å²) in [5.41, 5.74) is 5.50. The first-order valence-corrected chi connectivity index (χ1v) is 15.8. The Labute approximate surface area is 260 Å². The van der Waals surface area contributed by atoms with Crippen LogP contribution in [0.5, 0.6) is 11.5 Å². The average molecular weight is 595 g/mol. The average Bonchev–Trinajstić information content (AvgIpc) is 3.05. The second kappa shape index (κ2) is 14.5. The third-order valence-electron chi connectivity index (χ3n) is 9.26. The minimum Gasteiger partial charge on any atom is -0.504 e. The molecule has 0 aliphatic carbocycles. The van der Waals surface area contributed by atoms with E-state index in [2.05, 4.69) is 77.8 Å². The maximum absolute atomic E-state index is 13.2. The number of halogens is 1. The van der Waals surface area contributed by atoms with E-state index in [0.29, 0.717) is 19.4 Å². The fourth-order valence-electron chi connectivity index (χ4n) is 6.78. The number of rotatable bonds is 13. The lowest BCUT2D eigenvalue weighted by atomic mass is 9.68. The van der Waals surface area contributed by atoms with Crippen molar-refractivity contribution in [3.05, 3.63) is 131 Å². The molecule has 0 aromatic heterocycles. The molecule has 1 amide bonds. The van der Waals surface area contributed by atoms with Crippen molar-refractivity contribution >= 4 is 5.91 Å². The first-order chi connectivity index (χ1) is 21.4. The summed E-state index contributed by atoms with van der Waals surface area (Å²) in [7, 11) is 0. The van der Waals surface area contributed by atoms with E-state index < -0.39 is 0 Å². The van der Waals surface area contributed by atoms with E-state index >= 15 is 0 Å². The van der Waals surface area contributed by atoms with Gasteiger partial charge in [-0.2, -0.15) is 0 Å². The monoisotopic (exact) mass is 594 g/mol. The predicted octanol–water partition coefficient (Wildman–Crippen LogP) is 7.45. The van der Waals surface area contributed by atoms with E-state index in [4.69, 9.17) is 0 Å². The minimum absolute atomic E-state index is 0.0121. The highest BCUT2D eigenvalue weighted by Gasteiger charge is 2.34.